The Morgan fingerprint density at radius 2 is 0.586 bits per heavy atom. The first-order valence-corrected chi connectivity index (χ1v) is 35.7. The summed E-state index contributed by atoms with van der Waals surface area (Å²) in [4.78, 5) is 2.05. The summed E-state index contributed by atoms with van der Waals surface area (Å²) in [6.07, 6.45) is 0. The van der Waals surface area contributed by atoms with Crippen LogP contribution in [0.4, 0.5) is 91.0 Å². The largest absolute Gasteiger partial charge is 0.505 e. The van der Waals surface area contributed by atoms with Crippen molar-refractivity contribution in [3.63, 3.8) is 0 Å². The lowest BCUT2D eigenvalue weighted by atomic mass is 10.1. The number of para-hydroxylation sites is 2. The maximum absolute atomic E-state index is 11.3. The number of benzene rings is 12. The van der Waals surface area contributed by atoms with Gasteiger partial charge >= 0.3 is 0 Å². The molecular weight excluding hydrogens is 1510 g/mol. The Balaban J connectivity index is 0.000000220. The number of hydrogen-bond donors (Lipinski definition) is 8. The van der Waals surface area contributed by atoms with Gasteiger partial charge in [0.2, 0.25) is 0 Å². The Hall–Kier alpha value is -11.7. The number of methoxy groups -OCH3 is 3. The lowest BCUT2D eigenvalue weighted by Crippen LogP contribution is -1.90. The molecule has 0 bridgehead atoms. The minimum atomic E-state index is -0.158. The number of phenols is 2. The zero-order valence-corrected chi connectivity index (χ0v) is 63.1. The number of nitrogens with one attached hydrogen (secondary N) is 2. The van der Waals surface area contributed by atoms with E-state index in [1.54, 1.807) is 109 Å². The van der Waals surface area contributed by atoms with E-state index in [2.05, 4.69) is 101 Å². The van der Waals surface area contributed by atoms with Gasteiger partial charge in [0.15, 0.2) is 11.5 Å². The van der Waals surface area contributed by atoms with E-state index in [4.69, 9.17) is 43.9 Å². The fraction of sp³-hybridized carbons (Fsp3) is 0.105. The van der Waals surface area contributed by atoms with Crippen LogP contribution in [0.15, 0.2) is 287 Å². The third-order valence-corrected chi connectivity index (χ3v) is 18.6. The molecule has 0 heterocycles. The molecule has 0 atom stereocenters. The Bertz CT molecular complexity index is 5450. The maximum atomic E-state index is 11.3. The summed E-state index contributed by atoms with van der Waals surface area (Å²) in [6, 6.07) is 61.8. The highest BCUT2D eigenvalue weighted by Crippen LogP contribution is 2.49. The standard InChI is InChI=1S/C38H33N7O9S2.C38H33N7O8S2/c1-22-16-32(34(49-3)20-30(22)41-40-26-10-13-28(14-11-26)55-53-51-47)43-42-31-21-35(50-4)33(17-23(31)2)44-45-37-36(56-54-52-48)19-24-18-27(12-15-29(24)38(37)46)39-25-8-6-5-7-9-25;1-22-17-32(23(2)16-31(22)41-40-27-10-13-29(14-11-27)54-52-50-47)42-43-33-21-35(49-4)34(18-24(33)3)44-45-37-36(55-53-51-48)20-25-19-28(12-15-30(25)38(37)46)39-26-8-6-5-7-9-26/h5-21,39,46-48H,1-4H3;5-21,39,46-48H,1-4H3. The molecule has 0 saturated heterocycles. The lowest BCUT2D eigenvalue weighted by Gasteiger charge is -2.12. The van der Waals surface area contributed by atoms with Crippen molar-refractivity contribution in [3.05, 3.63) is 234 Å². The highest BCUT2D eigenvalue weighted by Gasteiger charge is 2.20. The van der Waals surface area contributed by atoms with E-state index >= 15 is 0 Å². The van der Waals surface area contributed by atoms with Crippen molar-refractivity contribution in [1.29, 1.82) is 0 Å². The smallest absolute Gasteiger partial charge is 0.152 e. The van der Waals surface area contributed by atoms with Crippen molar-refractivity contribution in [2.45, 2.75) is 54.2 Å². The molecule has 111 heavy (non-hydrogen) atoms. The van der Waals surface area contributed by atoms with Gasteiger partial charge in [0, 0.05) is 61.5 Å². The van der Waals surface area contributed by atoms with E-state index in [0.29, 0.717) is 145 Å². The van der Waals surface area contributed by atoms with Crippen molar-refractivity contribution in [3.8, 4) is 28.7 Å². The van der Waals surface area contributed by atoms with Crippen molar-refractivity contribution in [2.75, 3.05) is 32.0 Å². The third kappa shape index (κ3) is 21.4. The van der Waals surface area contributed by atoms with E-state index in [9.17, 15) is 10.2 Å². The molecule has 0 aromatic heterocycles. The molecule has 0 amide bonds. The fourth-order valence-electron chi connectivity index (χ4n) is 10.6. The molecule has 0 aliphatic rings. The molecule has 12 rings (SSSR count). The minimum Gasteiger partial charge on any atom is -0.505 e. The molecule has 35 heteroatoms. The van der Waals surface area contributed by atoms with Crippen LogP contribution in [0.25, 0.3) is 21.5 Å². The number of anilines is 4. The van der Waals surface area contributed by atoms with Crippen LogP contribution >= 0.6 is 48.2 Å². The highest BCUT2D eigenvalue weighted by atomic mass is 32.2. The number of hydrogen-bond acceptors (Lipinski definition) is 35. The predicted molar refractivity (Wildman–Crippen MR) is 420 cm³/mol. The summed E-state index contributed by atoms with van der Waals surface area (Å²) in [7, 11) is 4.51. The summed E-state index contributed by atoms with van der Waals surface area (Å²) in [5.41, 5.74) is 12.9. The minimum absolute atomic E-state index is 0.0779. The molecule has 566 valence electrons. The second-order valence-corrected chi connectivity index (χ2v) is 26.5. The van der Waals surface area contributed by atoms with E-state index in [-0.39, 0.29) is 22.9 Å². The van der Waals surface area contributed by atoms with Crippen molar-refractivity contribution >= 4 is 161 Å². The first-order chi connectivity index (χ1) is 54.0. The molecule has 31 nitrogen and oxygen atoms in total. The zero-order valence-electron chi connectivity index (χ0n) is 59.8. The molecule has 0 saturated carbocycles. The van der Waals surface area contributed by atoms with Crippen molar-refractivity contribution in [1.82, 2.24) is 0 Å². The number of phenolic OH excluding ortho intramolecular Hbond substituents is 2. The third-order valence-electron chi connectivity index (χ3n) is 16.1. The van der Waals surface area contributed by atoms with Crippen LogP contribution in [0.2, 0.25) is 0 Å². The number of ether oxygens (including phenoxy) is 3. The Labute approximate surface area is 650 Å². The summed E-state index contributed by atoms with van der Waals surface area (Å²) in [6.45, 7) is 9.38. The second-order valence-electron chi connectivity index (χ2n) is 23.4. The average molecular weight is 1580 g/mol. The van der Waals surface area contributed by atoms with Crippen LogP contribution in [0.1, 0.15) is 27.8 Å². The van der Waals surface area contributed by atoms with Gasteiger partial charge in [-0.15, -0.1) is 42.9 Å². The van der Waals surface area contributed by atoms with Gasteiger partial charge in [-0.25, -0.2) is 21.0 Å². The first-order valence-electron chi connectivity index (χ1n) is 32.8. The molecule has 12 aromatic carbocycles. The van der Waals surface area contributed by atoms with Crippen LogP contribution < -0.4 is 24.8 Å². The van der Waals surface area contributed by atoms with Crippen molar-refractivity contribution < 1.29 is 82.9 Å². The van der Waals surface area contributed by atoms with Gasteiger partial charge in [-0.05, 0) is 225 Å². The Morgan fingerprint density at radius 3 is 0.919 bits per heavy atom. The predicted octanol–water partition coefficient (Wildman–Crippen LogP) is 26.4. The molecule has 8 N–H and O–H groups in total. The average Bonchev–Trinajstić information content (AvgIpc) is 0.786. The van der Waals surface area contributed by atoms with E-state index in [0.717, 1.165) is 69.1 Å². The number of fused-ring (bicyclic) bond motifs is 2. The van der Waals surface area contributed by atoms with Gasteiger partial charge in [0.05, 0.1) is 119 Å². The quantitative estimate of drug-likeness (QED) is 0.00866. The normalized spacial score (nSPS) is 11.7. The number of nitrogens with zero attached hydrogens (tertiary/aromatic N) is 12. The molecule has 0 unspecified atom stereocenters. The van der Waals surface area contributed by atoms with E-state index in [1.165, 1.54) is 21.3 Å². The molecule has 0 aliphatic carbocycles. The summed E-state index contributed by atoms with van der Waals surface area (Å²) < 4.78 is 35.2. The monoisotopic (exact) mass is 1570 g/mol. The summed E-state index contributed by atoms with van der Waals surface area (Å²) >= 11 is 3.01. The Kier molecular flexibility index (Phi) is 28.6. The molecule has 0 radical (unpaired) electrons. The SMILES string of the molecule is COc1cc(N=Nc2cc(C)c(N=Nc3ccc(SOOO)cc3)cc2C)c(C)cc1N=Nc1c(SOOO)cc2cc(Nc3ccccc3)ccc2c1O.COc1cc(N=Nc2ccc(SOOO)cc2)c(C)cc1N=Nc1cc(OC)c(N=Nc2c(SOOO)cc3cc(Nc4ccccc4)ccc3c2O)cc1C. The molecule has 0 spiro atoms. The van der Waals surface area contributed by atoms with Crippen LogP contribution in [-0.4, -0.2) is 52.6 Å². The van der Waals surface area contributed by atoms with Crippen LogP contribution in [0.3, 0.4) is 0 Å². The van der Waals surface area contributed by atoms with E-state index in [1.807, 2.05) is 132 Å². The molecular formula is C76H66N14O17S4. The molecule has 12 aromatic rings. The molecule has 0 fully saturated rings. The summed E-state index contributed by atoms with van der Waals surface area (Å²) in [5.74, 6) is 0.835. The number of aryl methyl sites for hydroxylation is 5. The van der Waals surface area contributed by atoms with Crippen LogP contribution in [0, 0.1) is 34.6 Å². The number of rotatable bonds is 31. The van der Waals surface area contributed by atoms with Crippen LogP contribution in [-0.2, 0) is 37.5 Å². The van der Waals surface area contributed by atoms with Gasteiger partial charge in [0.25, 0.3) is 0 Å². The number of aromatic hydroxyl groups is 2. The van der Waals surface area contributed by atoms with Gasteiger partial charge in [-0.3, -0.25) is 0 Å². The topological polar surface area (TPSA) is 395 Å². The van der Waals surface area contributed by atoms with Gasteiger partial charge in [0.1, 0.15) is 45.7 Å². The molecule has 0 aliphatic heterocycles. The number of azo groups is 6. The summed E-state index contributed by atoms with van der Waals surface area (Å²) in [5, 5.41) is 134. The second kappa shape index (κ2) is 39.6. The first kappa shape index (κ1) is 80.3. The van der Waals surface area contributed by atoms with E-state index < -0.39 is 0 Å². The van der Waals surface area contributed by atoms with Gasteiger partial charge in [-0.1, -0.05) is 56.6 Å². The Morgan fingerprint density at radius 1 is 0.288 bits per heavy atom. The zero-order chi connectivity index (χ0) is 78.2. The van der Waals surface area contributed by atoms with Gasteiger partial charge < -0.3 is 35.1 Å². The maximum Gasteiger partial charge on any atom is 0.152 e. The lowest BCUT2D eigenvalue weighted by molar-refractivity contribution is -0.432. The van der Waals surface area contributed by atoms with Crippen molar-refractivity contribution in [2.24, 2.45) is 61.4 Å². The van der Waals surface area contributed by atoms with Gasteiger partial charge in [-0.2, -0.15) is 35.8 Å². The van der Waals surface area contributed by atoms with Crippen LogP contribution in [0.5, 0.6) is 28.7 Å². The fourth-order valence-corrected chi connectivity index (χ4v) is 12.3. The highest BCUT2D eigenvalue weighted by molar-refractivity contribution is 7.95.